The van der Waals surface area contributed by atoms with Crippen LogP contribution in [0.2, 0.25) is 5.02 Å². The van der Waals surface area contributed by atoms with Gasteiger partial charge < -0.3 is 10.7 Å². The van der Waals surface area contributed by atoms with Crippen molar-refractivity contribution in [3.05, 3.63) is 27.5 Å². The lowest BCUT2D eigenvalue weighted by molar-refractivity contribution is 0.574. The minimum absolute atomic E-state index is 0.000533. The van der Waals surface area contributed by atoms with Crippen LogP contribution in [0.3, 0.4) is 0 Å². The summed E-state index contributed by atoms with van der Waals surface area (Å²) in [5, 5.41) is 0.690. The number of fused-ring (bicyclic) bond motifs is 1. The first-order chi connectivity index (χ1) is 8.13. The van der Waals surface area contributed by atoms with E-state index in [1.807, 2.05) is 12.1 Å². The van der Waals surface area contributed by atoms with Gasteiger partial charge in [0, 0.05) is 9.50 Å². The predicted octanol–water partition coefficient (Wildman–Crippen LogP) is 3.78. The van der Waals surface area contributed by atoms with E-state index in [4.69, 9.17) is 17.3 Å². The molecule has 1 aliphatic rings. The van der Waals surface area contributed by atoms with Gasteiger partial charge in [0.05, 0.1) is 11.6 Å². The Morgan fingerprint density at radius 1 is 1.53 bits per heavy atom. The summed E-state index contributed by atoms with van der Waals surface area (Å²) in [7, 11) is 0. The topological polar surface area (TPSA) is 54.7 Å². The van der Waals surface area contributed by atoms with Crippen molar-refractivity contribution in [2.24, 2.45) is 11.7 Å². The maximum absolute atomic E-state index is 6.15. The van der Waals surface area contributed by atoms with Crippen LogP contribution in [0.15, 0.2) is 16.6 Å². The molecule has 0 spiro atoms. The zero-order valence-corrected chi connectivity index (χ0v) is 11.6. The normalized spacial score (nSPS) is 17.6. The first-order valence-corrected chi connectivity index (χ1v) is 6.91. The molecule has 3 nitrogen and oxygen atoms in total. The van der Waals surface area contributed by atoms with E-state index in [1.54, 1.807) is 0 Å². The Labute approximate surface area is 113 Å². The fourth-order valence-electron chi connectivity index (χ4n) is 2.06. The number of hydrogen-bond acceptors (Lipinski definition) is 2. The molecule has 1 unspecified atom stereocenters. The lowest BCUT2D eigenvalue weighted by Crippen LogP contribution is -2.12. The average Bonchev–Trinajstić information content (AvgIpc) is 2.94. The van der Waals surface area contributed by atoms with Gasteiger partial charge in [0.25, 0.3) is 0 Å². The van der Waals surface area contributed by atoms with Crippen LogP contribution in [0.4, 0.5) is 0 Å². The number of H-pyrrole nitrogens is 1. The number of nitrogens with zero attached hydrogens (tertiary/aromatic N) is 1. The summed E-state index contributed by atoms with van der Waals surface area (Å²) >= 11 is 9.46. The molecule has 0 aliphatic heterocycles. The highest BCUT2D eigenvalue weighted by molar-refractivity contribution is 9.10. The van der Waals surface area contributed by atoms with Gasteiger partial charge >= 0.3 is 0 Å². The maximum Gasteiger partial charge on any atom is 0.124 e. The van der Waals surface area contributed by atoms with E-state index in [-0.39, 0.29) is 6.04 Å². The Morgan fingerprint density at radius 3 is 3.00 bits per heavy atom. The van der Waals surface area contributed by atoms with Crippen LogP contribution < -0.4 is 5.73 Å². The summed E-state index contributed by atoms with van der Waals surface area (Å²) < 4.78 is 0.904. The molecule has 1 saturated carbocycles. The molecule has 1 aromatic heterocycles. The van der Waals surface area contributed by atoms with Gasteiger partial charge in [-0.1, -0.05) is 24.4 Å². The minimum atomic E-state index is 0.000533. The molecule has 1 heterocycles. The van der Waals surface area contributed by atoms with E-state index < -0.39 is 0 Å². The number of benzene rings is 1. The molecule has 17 heavy (non-hydrogen) atoms. The van der Waals surface area contributed by atoms with Gasteiger partial charge in [-0.05, 0) is 40.4 Å². The standard InChI is InChI=1S/C12H13BrClN3/c13-8-4-7(14)5-10-11(8)17-12(16-10)9(15)3-6-1-2-6/h4-6,9H,1-3,15H2,(H,16,17). The van der Waals surface area contributed by atoms with Gasteiger partial charge in [-0.25, -0.2) is 4.98 Å². The lowest BCUT2D eigenvalue weighted by atomic mass is 10.1. The van der Waals surface area contributed by atoms with Crippen LogP contribution in [-0.2, 0) is 0 Å². The second-order valence-electron chi connectivity index (χ2n) is 4.69. The van der Waals surface area contributed by atoms with Crippen LogP contribution in [0.25, 0.3) is 11.0 Å². The van der Waals surface area contributed by atoms with Gasteiger partial charge in [0.15, 0.2) is 0 Å². The van der Waals surface area contributed by atoms with Crippen molar-refractivity contribution in [2.75, 3.05) is 0 Å². The van der Waals surface area contributed by atoms with Gasteiger partial charge in [0.2, 0.25) is 0 Å². The van der Waals surface area contributed by atoms with Crippen LogP contribution in [0.1, 0.15) is 31.1 Å². The zero-order chi connectivity index (χ0) is 12.0. The summed E-state index contributed by atoms with van der Waals surface area (Å²) in [5.41, 5.74) is 7.98. The first-order valence-electron chi connectivity index (χ1n) is 5.73. The molecule has 2 aromatic rings. The van der Waals surface area contributed by atoms with Crippen molar-refractivity contribution in [1.82, 2.24) is 9.97 Å². The van der Waals surface area contributed by atoms with Crippen molar-refractivity contribution in [3.8, 4) is 0 Å². The molecule has 0 amide bonds. The summed E-state index contributed by atoms with van der Waals surface area (Å²) in [6.07, 6.45) is 3.64. The summed E-state index contributed by atoms with van der Waals surface area (Å²) in [4.78, 5) is 7.81. The third-order valence-electron chi connectivity index (χ3n) is 3.16. The molecular formula is C12H13BrClN3. The van der Waals surface area contributed by atoms with Crippen LogP contribution in [0.5, 0.6) is 0 Å². The van der Waals surface area contributed by atoms with Gasteiger partial charge in [-0.2, -0.15) is 0 Å². The van der Waals surface area contributed by atoms with E-state index in [0.717, 1.165) is 33.7 Å². The number of imidazole rings is 1. The number of nitrogens with one attached hydrogen (secondary N) is 1. The maximum atomic E-state index is 6.15. The van der Waals surface area contributed by atoms with E-state index in [2.05, 4.69) is 25.9 Å². The van der Waals surface area contributed by atoms with Gasteiger partial charge in [-0.15, -0.1) is 0 Å². The molecule has 3 rings (SSSR count). The van der Waals surface area contributed by atoms with Gasteiger partial charge in [-0.3, -0.25) is 0 Å². The Hall–Kier alpha value is -0.580. The molecule has 3 N–H and O–H groups in total. The summed E-state index contributed by atoms with van der Waals surface area (Å²) in [5.74, 6) is 1.65. The van der Waals surface area contributed by atoms with E-state index in [1.165, 1.54) is 12.8 Å². The molecule has 5 heteroatoms. The molecule has 90 valence electrons. The molecular weight excluding hydrogens is 302 g/mol. The number of aromatic amines is 1. The zero-order valence-electron chi connectivity index (χ0n) is 9.21. The van der Waals surface area contributed by atoms with Crippen molar-refractivity contribution < 1.29 is 0 Å². The highest BCUT2D eigenvalue weighted by Gasteiger charge is 2.26. The highest BCUT2D eigenvalue weighted by Crippen LogP contribution is 2.37. The molecule has 1 fully saturated rings. The van der Waals surface area contributed by atoms with Crippen molar-refractivity contribution >= 4 is 38.6 Å². The van der Waals surface area contributed by atoms with Crippen LogP contribution in [-0.4, -0.2) is 9.97 Å². The highest BCUT2D eigenvalue weighted by atomic mass is 79.9. The fourth-order valence-corrected chi connectivity index (χ4v) is 2.96. The van der Waals surface area contributed by atoms with E-state index in [9.17, 15) is 0 Å². The van der Waals surface area contributed by atoms with Crippen molar-refractivity contribution in [1.29, 1.82) is 0 Å². The summed E-state index contributed by atoms with van der Waals surface area (Å²) in [6, 6.07) is 3.73. The second kappa shape index (κ2) is 4.26. The third-order valence-corrected chi connectivity index (χ3v) is 3.98. The average molecular weight is 315 g/mol. The van der Waals surface area contributed by atoms with Crippen LogP contribution in [0, 0.1) is 5.92 Å². The second-order valence-corrected chi connectivity index (χ2v) is 5.98. The van der Waals surface area contributed by atoms with E-state index >= 15 is 0 Å². The number of halogens is 2. The monoisotopic (exact) mass is 313 g/mol. The van der Waals surface area contributed by atoms with Crippen LogP contribution >= 0.6 is 27.5 Å². The molecule has 1 aliphatic carbocycles. The third kappa shape index (κ3) is 2.34. The molecule has 1 aromatic carbocycles. The number of aromatic nitrogens is 2. The Bertz CT molecular complexity index is 562. The molecule has 0 saturated heterocycles. The quantitative estimate of drug-likeness (QED) is 0.906. The predicted molar refractivity (Wildman–Crippen MR) is 73.1 cm³/mol. The molecule has 0 bridgehead atoms. The Morgan fingerprint density at radius 2 is 2.29 bits per heavy atom. The smallest absolute Gasteiger partial charge is 0.124 e. The molecule has 1 atom stereocenters. The van der Waals surface area contributed by atoms with Gasteiger partial charge in [0.1, 0.15) is 11.3 Å². The van der Waals surface area contributed by atoms with E-state index in [0.29, 0.717) is 5.02 Å². The van der Waals surface area contributed by atoms with Crippen molar-refractivity contribution in [3.63, 3.8) is 0 Å². The SMILES string of the molecule is NC(CC1CC1)c1nc2c(Br)cc(Cl)cc2[nH]1. The minimum Gasteiger partial charge on any atom is -0.341 e. The summed E-state index contributed by atoms with van der Waals surface area (Å²) in [6.45, 7) is 0. The Balaban J connectivity index is 1.97. The number of nitrogens with two attached hydrogens (primary N) is 1. The molecule has 0 radical (unpaired) electrons. The largest absolute Gasteiger partial charge is 0.341 e. The first kappa shape index (κ1) is 11.5. The lowest BCUT2D eigenvalue weighted by Gasteiger charge is -2.06. The number of hydrogen-bond donors (Lipinski definition) is 2. The number of rotatable bonds is 3. The van der Waals surface area contributed by atoms with Crippen molar-refractivity contribution in [2.45, 2.75) is 25.3 Å². The fraction of sp³-hybridized carbons (Fsp3) is 0.417. The Kier molecular flexibility index (Phi) is 2.89.